The molecular formula is C12H13N5O3. The van der Waals surface area contributed by atoms with E-state index in [2.05, 4.69) is 20.9 Å². The van der Waals surface area contributed by atoms with E-state index in [1.807, 2.05) is 0 Å². The minimum absolute atomic E-state index is 0.142. The highest BCUT2D eigenvalue weighted by molar-refractivity contribution is 5.82. The predicted molar refractivity (Wildman–Crippen MR) is 69.3 cm³/mol. The highest BCUT2D eigenvalue weighted by Gasteiger charge is 2.36. The van der Waals surface area contributed by atoms with E-state index < -0.39 is 18.4 Å². The second-order valence-corrected chi connectivity index (χ2v) is 4.54. The van der Waals surface area contributed by atoms with Crippen LogP contribution < -0.4 is 5.73 Å². The van der Waals surface area contributed by atoms with Crippen molar-refractivity contribution in [3.63, 3.8) is 0 Å². The number of fused-ring (bicyclic) bond motifs is 1. The second kappa shape index (κ2) is 4.72. The number of nitrogens with zero attached hydrogens (tertiary/aromatic N) is 4. The summed E-state index contributed by atoms with van der Waals surface area (Å²) in [4.78, 5) is 12.2. The number of nitrogen functional groups attached to an aromatic ring is 1. The van der Waals surface area contributed by atoms with E-state index in [1.54, 1.807) is 4.57 Å². The SMILES string of the molecule is C#Cc1nc(N)c2ncn([C@@H]3O[C@H](CO)C[C@H]3O)c2n1. The molecule has 104 valence electrons. The predicted octanol–water partition coefficient (Wildman–Crippen LogP) is -0.970. The summed E-state index contributed by atoms with van der Waals surface area (Å²) in [5.41, 5.74) is 6.56. The fraction of sp³-hybridized carbons (Fsp3) is 0.417. The average molecular weight is 275 g/mol. The first-order valence-electron chi connectivity index (χ1n) is 6.05. The zero-order chi connectivity index (χ0) is 14.3. The highest BCUT2D eigenvalue weighted by atomic mass is 16.5. The van der Waals surface area contributed by atoms with E-state index in [0.717, 1.165) is 0 Å². The van der Waals surface area contributed by atoms with Crippen molar-refractivity contribution in [3.8, 4) is 12.3 Å². The lowest BCUT2D eigenvalue weighted by molar-refractivity contribution is -0.0486. The van der Waals surface area contributed by atoms with Crippen LogP contribution in [0.4, 0.5) is 5.82 Å². The number of imidazole rings is 1. The molecule has 3 rings (SSSR count). The number of terminal acetylenes is 1. The Balaban J connectivity index is 2.09. The molecule has 0 aliphatic carbocycles. The van der Waals surface area contributed by atoms with E-state index in [0.29, 0.717) is 17.6 Å². The Morgan fingerprint density at radius 2 is 2.35 bits per heavy atom. The van der Waals surface area contributed by atoms with Gasteiger partial charge in [-0.15, -0.1) is 6.42 Å². The van der Waals surface area contributed by atoms with Crippen molar-refractivity contribution in [2.45, 2.75) is 24.9 Å². The van der Waals surface area contributed by atoms with Crippen LogP contribution in [0.15, 0.2) is 6.33 Å². The lowest BCUT2D eigenvalue weighted by atomic mass is 10.2. The molecule has 0 radical (unpaired) electrons. The Bertz CT molecular complexity index is 692. The standard InChI is InChI=1S/C12H13N5O3/c1-2-8-15-10(13)9-11(16-8)17(5-14-9)12-7(19)3-6(4-18)20-12/h1,5-7,12,18-19H,3-4H2,(H2,13,15,16)/t6-,7+,12+/m0/s1. The Kier molecular flexibility index (Phi) is 3.02. The van der Waals surface area contributed by atoms with Gasteiger partial charge in [0.1, 0.15) is 11.6 Å². The summed E-state index contributed by atoms with van der Waals surface area (Å²) in [5.74, 6) is 2.63. The molecule has 1 aliphatic rings. The normalized spacial score (nSPS) is 25.9. The van der Waals surface area contributed by atoms with Crippen LogP contribution in [0.2, 0.25) is 0 Å². The van der Waals surface area contributed by atoms with Crippen LogP contribution in [0, 0.1) is 12.3 Å². The number of aliphatic hydroxyl groups excluding tert-OH is 2. The maximum Gasteiger partial charge on any atom is 0.208 e. The fourth-order valence-electron chi connectivity index (χ4n) is 2.29. The molecule has 0 spiro atoms. The van der Waals surface area contributed by atoms with Gasteiger partial charge in [0.15, 0.2) is 17.7 Å². The molecule has 0 amide bonds. The molecule has 3 atom stereocenters. The number of ether oxygens (including phenoxy) is 1. The van der Waals surface area contributed by atoms with Crippen LogP contribution in [0.25, 0.3) is 11.2 Å². The zero-order valence-electron chi connectivity index (χ0n) is 10.5. The van der Waals surface area contributed by atoms with Crippen molar-refractivity contribution in [1.29, 1.82) is 0 Å². The lowest BCUT2D eigenvalue weighted by Crippen LogP contribution is -2.19. The molecule has 0 saturated carbocycles. The molecule has 1 aliphatic heterocycles. The molecule has 0 unspecified atom stereocenters. The van der Waals surface area contributed by atoms with Crippen LogP contribution in [0.1, 0.15) is 18.5 Å². The third-order valence-corrected chi connectivity index (χ3v) is 3.22. The Morgan fingerprint density at radius 1 is 1.55 bits per heavy atom. The first-order chi connectivity index (χ1) is 9.63. The third-order valence-electron chi connectivity index (χ3n) is 3.22. The van der Waals surface area contributed by atoms with Crippen LogP contribution in [0.3, 0.4) is 0 Å². The van der Waals surface area contributed by atoms with E-state index in [1.165, 1.54) is 6.33 Å². The fourth-order valence-corrected chi connectivity index (χ4v) is 2.29. The average Bonchev–Trinajstić information content (AvgIpc) is 3.01. The Hall–Kier alpha value is -2.21. The van der Waals surface area contributed by atoms with E-state index in [9.17, 15) is 5.11 Å². The molecule has 4 N–H and O–H groups in total. The smallest absolute Gasteiger partial charge is 0.208 e. The third kappa shape index (κ3) is 1.89. The van der Waals surface area contributed by atoms with Crippen molar-refractivity contribution in [1.82, 2.24) is 19.5 Å². The molecule has 0 bridgehead atoms. The maximum absolute atomic E-state index is 10.0. The van der Waals surface area contributed by atoms with Gasteiger partial charge in [0.25, 0.3) is 0 Å². The van der Waals surface area contributed by atoms with Crippen molar-refractivity contribution >= 4 is 17.0 Å². The Morgan fingerprint density at radius 3 is 3.00 bits per heavy atom. The summed E-state index contributed by atoms with van der Waals surface area (Å²) in [5, 5.41) is 19.1. The molecule has 0 aromatic carbocycles. The van der Waals surface area contributed by atoms with Gasteiger partial charge in [-0.25, -0.2) is 15.0 Å². The minimum Gasteiger partial charge on any atom is -0.394 e. The molecule has 3 heterocycles. The van der Waals surface area contributed by atoms with Gasteiger partial charge >= 0.3 is 0 Å². The van der Waals surface area contributed by atoms with Crippen molar-refractivity contribution < 1.29 is 14.9 Å². The lowest BCUT2D eigenvalue weighted by Gasteiger charge is -2.16. The summed E-state index contributed by atoms with van der Waals surface area (Å²) in [6.07, 6.45) is 5.21. The highest BCUT2D eigenvalue weighted by Crippen LogP contribution is 2.31. The monoisotopic (exact) mass is 275 g/mol. The van der Waals surface area contributed by atoms with Gasteiger partial charge in [0.05, 0.1) is 19.0 Å². The van der Waals surface area contributed by atoms with E-state index in [4.69, 9.17) is 22.0 Å². The van der Waals surface area contributed by atoms with Gasteiger partial charge in [-0.3, -0.25) is 4.57 Å². The number of aromatic nitrogens is 4. The molecular weight excluding hydrogens is 262 g/mol. The largest absolute Gasteiger partial charge is 0.394 e. The van der Waals surface area contributed by atoms with Gasteiger partial charge in [-0.1, -0.05) is 0 Å². The minimum atomic E-state index is -0.768. The zero-order valence-corrected chi connectivity index (χ0v) is 10.5. The molecule has 20 heavy (non-hydrogen) atoms. The van der Waals surface area contributed by atoms with Gasteiger partial charge in [-0.2, -0.15) is 0 Å². The number of rotatable bonds is 2. The van der Waals surface area contributed by atoms with Crippen LogP contribution in [-0.2, 0) is 4.74 Å². The number of anilines is 1. The first kappa shape index (κ1) is 12.8. The van der Waals surface area contributed by atoms with E-state index in [-0.39, 0.29) is 18.2 Å². The van der Waals surface area contributed by atoms with E-state index >= 15 is 0 Å². The Labute approximate surface area is 114 Å². The quantitative estimate of drug-likeness (QED) is 0.603. The molecule has 8 heteroatoms. The molecule has 2 aromatic heterocycles. The van der Waals surface area contributed by atoms with Crippen LogP contribution in [-0.4, -0.2) is 48.5 Å². The number of nitrogens with two attached hydrogens (primary N) is 1. The van der Waals surface area contributed by atoms with Crippen LogP contribution in [0.5, 0.6) is 0 Å². The molecule has 1 saturated heterocycles. The van der Waals surface area contributed by atoms with Crippen molar-refractivity contribution in [3.05, 3.63) is 12.2 Å². The van der Waals surface area contributed by atoms with Gasteiger partial charge in [-0.05, 0) is 5.92 Å². The molecule has 2 aromatic rings. The number of hydrogen-bond donors (Lipinski definition) is 3. The second-order valence-electron chi connectivity index (χ2n) is 4.54. The van der Waals surface area contributed by atoms with Gasteiger partial charge in [0, 0.05) is 6.42 Å². The van der Waals surface area contributed by atoms with Gasteiger partial charge in [0.2, 0.25) is 5.82 Å². The van der Waals surface area contributed by atoms with Crippen LogP contribution >= 0.6 is 0 Å². The summed E-state index contributed by atoms with van der Waals surface area (Å²) in [7, 11) is 0. The molecule has 1 fully saturated rings. The number of hydrogen-bond acceptors (Lipinski definition) is 7. The first-order valence-corrected chi connectivity index (χ1v) is 6.05. The summed E-state index contributed by atoms with van der Waals surface area (Å²) in [6.45, 7) is -0.160. The topological polar surface area (TPSA) is 119 Å². The summed E-state index contributed by atoms with van der Waals surface area (Å²) in [6, 6.07) is 0. The summed E-state index contributed by atoms with van der Waals surface area (Å²) < 4.78 is 7.11. The van der Waals surface area contributed by atoms with Crippen molar-refractivity contribution in [2.24, 2.45) is 0 Å². The maximum atomic E-state index is 10.0. The summed E-state index contributed by atoms with van der Waals surface area (Å²) >= 11 is 0. The number of aliphatic hydroxyl groups is 2. The van der Waals surface area contributed by atoms with Crippen molar-refractivity contribution in [2.75, 3.05) is 12.3 Å². The van der Waals surface area contributed by atoms with Gasteiger partial charge < -0.3 is 20.7 Å². The molecule has 8 nitrogen and oxygen atoms in total.